The molecular weight excluding hydrogens is 354 g/mol. The lowest BCUT2D eigenvalue weighted by atomic mass is 10.1. The summed E-state index contributed by atoms with van der Waals surface area (Å²) in [4.78, 5) is 24.4. The van der Waals surface area contributed by atoms with Crippen LogP contribution in [0.5, 0.6) is 5.75 Å². The molecule has 0 radical (unpaired) electrons. The fraction of sp³-hybridized carbons (Fsp3) is 0.105. The molecule has 2 aromatic carbocycles. The molecule has 0 spiro atoms. The molecule has 1 amide bonds. The van der Waals surface area contributed by atoms with Gasteiger partial charge in [-0.25, -0.2) is 4.68 Å². The Kier molecular flexibility index (Phi) is 5.34. The van der Waals surface area contributed by atoms with Gasteiger partial charge < -0.3 is 10.1 Å². The molecule has 6 nitrogen and oxygen atoms in total. The SMILES string of the molecule is COc1ccc(Cl)cc1NC(=O)Cn1nc(-c2ccccc2)ccc1=O. The van der Waals surface area contributed by atoms with Gasteiger partial charge in [0.15, 0.2) is 0 Å². The number of hydrogen-bond acceptors (Lipinski definition) is 4. The van der Waals surface area contributed by atoms with Crippen molar-refractivity contribution >= 4 is 23.2 Å². The summed E-state index contributed by atoms with van der Waals surface area (Å²) in [7, 11) is 1.49. The molecule has 0 atom stereocenters. The summed E-state index contributed by atoms with van der Waals surface area (Å²) in [5, 5.41) is 7.42. The number of benzene rings is 2. The van der Waals surface area contributed by atoms with Crippen LogP contribution in [0.3, 0.4) is 0 Å². The molecular formula is C19H16ClN3O3. The molecule has 0 saturated carbocycles. The van der Waals surface area contributed by atoms with E-state index in [-0.39, 0.29) is 12.1 Å². The predicted molar refractivity (Wildman–Crippen MR) is 101 cm³/mol. The van der Waals surface area contributed by atoms with E-state index in [2.05, 4.69) is 10.4 Å². The van der Waals surface area contributed by atoms with Crippen LogP contribution < -0.4 is 15.6 Å². The van der Waals surface area contributed by atoms with Gasteiger partial charge in [-0.3, -0.25) is 9.59 Å². The zero-order valence-electron chi connectivity index (χ0n) is 14.0. The summed E-state index contributed by atoms with van der Waals surface area (Å²) < 4.78 is 6.31. The van der Waals surface area contributed by atoms with E-state index in [1.807, 2.05) is 30.3 Å². The number of aromatic nitrogens is 2. The molecule has 3 rings (SSSR count). The molecule has 132 valence electrons. The molecule has 0 fully saturated rings. The Bertz CT molecular complexity index is 987. The van der Waals surface area contributed by atoms with Gasteiger partial charge in [-0.2, -0.15) is 5.10 Å². The first-order valence-corrected chi connectivity index (χ1v) is 8.21. The van der Waals surface area contributed by atoms with E-state index in [4.69, 9.17) is 16.3 Å². The number of amides is 1. The van der Waals surface area contributed by atoms with Gasteiger partial charge in [-0.1, -0.05) is 41.9 Å². The lowest BCUT2D eigenvalue weighted by molar-refractivity contribution is -0.117. The first kappa shape index (κ1) is 17.7. The van der Waals surface area contributed by atoms with Crippen molar-refractivity contribution in [2.24, 2.45) is 0 Å². The number of hydrogen-bond donors (Lipinski definition) is 1. The zero-order valence-corrected chi connectivity index (χ0v) is 14.7. The highest BCUT2D eigenvalue weighted by molar-refractivity contribution is 6.31. The van der Waals surface area contributed by atoms with Crippen molar-refractivity contribution in [2.45, 2.75) is 6.54 Å². The van der Waals surface area contributed by atoms with Crippen molar-refractivity contribution in [3.05, 3.63) is 76.0 Å². The minimum Gasteiger partial charge on any atom is -0.495 e. The van der Waals surface area contributed by atoms with E-state index in [1.54, 1.807) is 24.3 Å². The quantitative estimate of drug-likeness (QED) is 0.749. The maximum atomic E-state index is 12.4. The molecule has 0 unspecified atom stereocenters. The molecule has 26 heavy (non-hydrogen) atoms. The number of rotatable bonds is 5. The molecule has 1 N–H and O–H groups in total. The Labute approximate surface area is 155 Å². The fourth-order valence-electron chi connectivity index (χ4n) is 2.43. The number of nitrogens with zero attached hydrogens (tertiary/aromatic N) is 2. The summed E-state index contributed by atoms with van der Waals surface area (Å²) in [6, 6.07) is 17.3. The lowest BCUT2D eigenvalue weighted by Crippen LogP contribution is -2.29. The molecule has 3 aromatic rings. The van der Waals surface area contributed by atoms with Gasteiger partial charge in [0.25, 0.3) is 5.56 Å². The largest absolute Gasteiger partial charge is 0.495 e. The van der Waals surface area contributed by atoms with E-state index in [0.29, 0.717) is 22.2 Å². The van der Waals surface area contributed by atoms with Gasteiger partial charge in [-0.05, 0) is 24.3 Å². The highest BCUT2D eigenvalue weighted by atomic mass is 35.5. The molecule has 1 heterocycles. The van der Waals surface area contributed by atoms with Gasteiger partial charge in [0, 0.05) is 16.7 Å². The number of ether oxygens (including phenoxy) is 1. The highest BCUT2D eigenvalue weighted by Gasteiger charge is 2.11. The Hall–Kier alpha value is -3.12. The second-order valence-corrected chi connectivity index (χ2v) is 5.91. The maximum absolute atomic E-state index is 12.4. The van der Waals surface area contributed by atoms with Crippen molar-refractivity contribution in [3.8, 4) is 17.0 Å². The van der Waals surface area contributed by atoms with E-state index >= 15 is 0 Å². The molecule has 0 aliphatic rings. The van der Waals surface area contributed by atoms with E-state index in [9.17, 15) is 9.59 Å². The molecule has 0 aliphatic carbocycles. The number of nitrogens with one attached hydrogen (secondary N) is 1. The smallest absolute Gasteiger partial charge is 0.267 e. The second kappa shape index (κ2) is 7.84. The zero-order chi connectivity index (χ0) is 18.5. The van der Waals surface area contributed by atoms with Crippen LogP contribution in [0, 0.1) is 0 Å². The highest BCUT2D eigenvalue weighted by Crippen LogP contribution is 2.27. The third-order valence-corrected chi connectivity index (χ3v) is 3.90. The first-order chi connectivity index (χ1) is 12.6. The molecule has 0 bridgehead atoms. The van der Waals surface area contributed by atoms with Crippen molar-refractivity contribution < 1.29 is 9.53 Å². The van der Waals surface area contributed by atoms with Crippen LogP contribution in [0.1, 0.15) is 0 Å². The standard InChI is InChI=1S/C19H16ClN3O3/c1-26-17-9-7-14(20)11-16(17)21-18(24)12-23-19(25)10-8-15(22-23)13-5-3-2-4-6-13/h2-11H,12H2,1H3,(H,21,24). The summed E-state index contributed by atoms with van der Waals surface area (Å²) in [6.45, 7) is -0.227. The average molecular weight is 370 g/mol. The van der Waals surface area contributed by atoms with Gasteiger partial charge in [0.05, 0.1) is 18.5 Å². The Morgan fingerprint density at radius 3 is 2.65 bits per heavy atom. The predicted octanol–water partition coefficient (Wildman–Crippen LogP) is 3.21. The van der Waals surface area contributed by atoms with Crippen LogP contribution in [0.15, 0.2) is 65.5 Å². The summed E-state index contributed by atoms with van der Waals surface area (Å²) in [5.74, 6) is 0.0615. The van der Waals surface area contributed by atoms with E-state index in [1.165, 1.54) is 13.2 Å². The summed E-state index contributed by atoms with van der Waals surface area (Å²) in [5.41, 5.74) is 1.53. The third-order valence-electron chi connectivity index (χ3n) is 3.67. The van der Waals surface area contributed by atoms with Crippen molar-refractivity contribution in [3.63, 3.8) is 0 Å². The van der Waals surface area contributed by atoms with Gasteiger partial charge in [0.2, 0.25) is 5.91 Å². The fourth-order valence-corrected chi connectivity index (χ4v) is 2.60. The minimum absolute atomic E-state index is 0.227. The van der Waals surface area contributed by atoms with Crippen molar-refractivity contribution in [1.82, 2.24) is 9.78 Å². The normalized spacial score (nSPS) is 10.4. The topological polar surface area (TPSA) is 73.2 Å². The van der Waals surface area contributed by atoms with Crippen LogP contribution >= 0.6 is 11.6 Å². The van der Waals surface area contributed by atoms with Crippen LogP contribution in [0.4, 0.5) is 5.69 Å². The molecule has 0 saturated heterocycles. The Morgan fingerprint density at radius 2 is 1.92 bits per heavy atom. The monoisotopic (exact) mass is 369 g/mol. The number of anilines is 1. The minimum atomic E-state index is -0.412. The third kappa shape index (κ3) is 4.10. The van der Waals surface area contributed by atoms with Gasteiger partial charge in [-0.15, -0.1) is 0 Å². The number of methoxy groups -OCH3 is 1. The summed E-state index contributed by atoms with van der Waals surface area (Å²) >= 11 is 5.96. The molecule has 7 heteroatoms. The van der Waals surface area contributed by atoms with Gasteiger partial charge >= 0.3 is 0 Å². The van der Waals surface area contributed by atoms with Crippen LogP contribution in [-0.4, -0.2) is 22.8 Å². The number of halogens is 1. The first-order valence-electron chi connectivity index (χ1n) is 7.84. The Balaban J connectivity index is 1.82. The summed E-state index contributed by atoms with van der Waals surface area (Å²) in [6.07, 6.45) is 0. The molecule has 0 aliphatic heterocycles. The maximum Gasteiger partial charge on any atom is 0.267 e. The van der Waals surface area contributed by atoms with Gasteiger partial charge in [0.1, 0.15) is 12.3 Å². The van der Waals surface area contributed by atoms with Crippen molar-refractivity contribution in [1.29, 1.82) is 0 Å². The van der Waals surface area contributed by atoms with Crippen LogP contribution in [0.2, 0.25) is 5.02 Å². The number of carbonyl (C=O) groups excluding carboxylic acids is 1. The average Bonchev–Trinajstić information content (AvgIpc) is 2.64. The van der Waals surface area contributed by atoms with Crippen LogP contribution in [-0.2, 0) is 11.3 Å². The lowest BCUT2D eigenvalue weighted by Gasteiger charge is -2.11. The number of carbonyl (C=O) groups is 1. The van der Waals surface area contributed by atoms with Crippen LogP contribution in [0.25, 0.3) is 11.3 Å². The molecule has 1 aromatic heterocycles. The Morgan fingerprint density at radius 1 is 1.15 bits per heavy atom. The second-order valence-electron chi connectivity index (χ2n) is 5.47. The van der Waals surface area contributed by atoms with E-state index in [0.717, 1.165) is 10.2 Å². The van der Waals surface area contributed by atoms with E-state index < -0.39 is 5.91 Å². The van der Waals surface area contributed by atoms with Crippen molar-refractivity contribution in [2.75, 3.05) is 12.4 Å².